The Labute approximate surface area is 166 Å². The molecule has 0 atom stereocenters. The van der Waals surface area contributed by atoms with Gasteiger partial charge in [-0.3, -0.25) is 9.69 Å². The van der Waals surface area contributed by atoms with E-state index in [-0.39, 0.29) is 5.91 Å². The average Bonchev–Trinajstić information content (AvgIpc) is 2.73. The van der Waals surface area contributed by atoms with E-state index in [1.807, 2.05) is 0 Å². The first kappa shape index (κ1) is 20.9. The molecule has 5 nitrogen and oxygen atoms in total. The molecule has 1 aliphatic heterocycles. The van der Waals surface area contributed by atoms with E-state index in [0.717, 1.165) is 17.7 Å². The van der Waals surface area contributed by atoms with Gasteiger partial charge in [0.25, 0.3) is 5.91 Å². The Morgan fingerprint density at radius 2 is 1.59 bits per heavy atom. The zero-order chi connectivity index (χ0) is 21.0. The Balaban J connectivity index is 1.56. The summed E-state index contributed by atoms with van der Waals surface area (Å²) < 4.78 is 42.6. The van der Waals surface area contributed by atoms with Crippen LogP contribution in [0.1, 0.15) is 31.8 Å². The number of hydrogen-bond donors (Lipinski definition) is 0. The number of halogens is 3. The van der Waals surface area contributed by atoms with Crippen LogP contribution in [0.3, 0.4) is 0 Å². The molecule has 154 valence electrons. The SMILES string of the molecule is COC(=O)c1cccc(C(=O)N2CCN(Cc3ccc(C(F)(F)F)cc3)CC2)c1. The monoisotopic (exact) mass is 406 g/mol. The van der Waals surface area contributed by atoms with Crippen molar-refractivity contribution in [2.45, 2.75) is 12.7 Å². The predicted molar refractivity (Wildman–Crippen MR) is 100 cm³/mol. The van der Waals surface area contributed by atoms with E-state index in [2.05, 4.69) is 9.64 Å². The standard InChI is InChI=1S/C21H21F3N2O3/c1-29-20(28)17-4-2-3-16(13-17)19(27)26-11-9-25(10-12-26)14-15-5-7-18(8-6-15)21(22,23)24/h2-8,13H,9-12,14H2,1H3. The second-order valence-electron chi connectivity index (χ2n) is 6.84. The van der Waals surface area contributed by atoms with Crippen LogP contribution >= 0.6 is 0 Å². The van der Waals surface area contributed by atoms with Crippen LogP contribution in [0.25, 0.3) is 0 Å². The van der Waals surface area contributed by atoms with Crippen molar-refractivity contribution < 1.29 is 27.5 Å². The molecule has 1 fully saturated rings. The molecule has 0 aromatic heterocycles. The fraction of sp³-hybridized carbons (Fsp3) is 0.333. The van der Waals surface area contributed by atoms with Crippen LogP contribution in [0.4, 0.5) is 13.2 Å². The van der Waals surface area contributed by atoms with E-state index >= 15 is 0 Å². The van der Waals surface area contributed by atoms with Gasteiger partial charge in [0.1, 0.15) is 0 Å². The molecule has 0 saturated carbocycles. The van der Waals surface area contributed by atoms with Crippen molar-refractivity contribution in [3.63, 3.8) is 0 Å². The van der Waals surface area contributed by atoms with Gasteiger partial charge in [0.15, 0.2) is 0 Å². The van der Waals surface area contributed by atoms with Crippen molar-refractivity contribution in [1.29, 1.82) is 0 Å². The second-order valence-corrected chi connectivity index (χ2v) is 6.84. The zero-order valence-electron chi connectivity index (χ0n) is 15.9. The maximum Gasteiger partial charge on any atom is 0.416 e. The lowest BCUT2D eigenvalue weighted by atomic mass is 10.1. The van der Waals surface area contributed by atoms with E-state index in [1.165, 1.54) is 25.3 Å². The fourth-order valence-corrected chi connectivity index (χ4v) is 3.25. The second kappa shape index (κ2) is 8.65. The van der Waals surface area contributed by atoms with Gasteiger partial charge in [-0.2, -0.15) is 13.2 Å². The summed E-state index contributed by atoms with van der Waals surface area (Å²) in [5, 5.41) is 0. The van der Waals surface area contributed by atoms with Crippen LogP contribution in [-0.4, -0.2) is 55.0 Å². The third kappa shape index (κ3) is 5.14. The molecule has 1 saturated heterocycles. The maximum atomic E-state index is 12.7. The largest absolute Gasteiger partial charge is 0.465 e. The van der Waals surface area contributed by atoms with Gasteiger partial charge >= 0.3 is 12.1 Å². The summed E-state index contributed by atoms with van der Waals surface area (Å²) in [7, 11) is 1.28. The summed E-state index contributed by atoms with van der Waals surface area (Å²) in [6, 6.07) is 11.5. The molecule has 29 heavy (non-hydrogen) atoms. The number of benzene rings is 2. The lowest BCUT2D eigenvalue weighted by molar-refractivity contribution is -0.137. The molecule has 0 spiro atoms. The van der Waals surface area contributed by atoms with Crippen molar-refractivity contribution >= 4 is 11.9 Å². The third-order valence-corrected chi connectivity index (χ3v) is 4.88. The van der Waals surface area contributed by atoms with E-state index < -0.39 is 17.7 Å². The van der Waals surface area contributed by atoms with E-state index in [0.29, 0.717) is 43.9 Å². The highest BCUT2D eigenvalue weighted by Gasteiger charge is 2.30. The summed E-state index contributed by atoms with van der Waals surface area (Å²) in [4.78, 5) is 28.2. The van der Waals surface area contributed by atoms with Gasteiger partial charge in [0.2, 0.25) is 0 Å². The number of piperazine rings is 1. The van der Waals surface area contributed by atoms with Crippen LogP contribution in [0.2, 0.25) is 0 Å². The van der Waals surface area contributed by atoms with Gasteiger partial charge in [-0.15, -0.1) is 0 Å². The highest BCUT2D eigenvalue weighted by atomic mass is 19.4. The average molecular weight is 406 g/mol. The van der Waals surface area contributed by atoms with E-state index in [4.69, 9.17) is 0 Å². The minimum Gasteiger partial charge on any atom is -0.465 e. The van der Waals surface area contributed by atoms with Gasteiger partial charge in [0, 0.05) is 38.3 Å². The number of ether oxygens (including phenoxy) is 1. The molecule has 0 bridgehead atoms. The molecule has 2 aromatic carbocycles. The predicted octanol–water partition coefficient (Wildman–Crippen LogP) is 3.45. The van der Waals surface area contributed by atoms with Crippen LogP contribution in [0, 0.1) is 0 Å². The number of hydrogen-bond acceptors (Lipinski definition) is 4. The quantitative estimate of drug-likeness (QED) is 0.730. The molecule has 1 aliphatic rings. The summed E-state index contributed by atoms with van der Waals surface area (Å²) in [5.74, 6) is -0.661. The number of amides is 1. The fourth-order valence-electron chi connectivity index (χ4n) is 3.25. The first-order valence-electron chi connectivity index (χ1n) is 9.14. The minimum absolute atomic E-state index is 0.162. The first-order chi connectivity index (χ1) is 13.8. The van der Waals surface area contributed by atoms with Crippen LogP contribution < -0.4 is 0 Å². The molecule has 0 radical (unpaired) electrons. The summed E-state index contributed by atoms with van der Waals surface area (Å²) in [6.07, 6.45) is -4.34. The van der Waals surface area contributed by atoms with Crippen LogP contribution in [0.15, 0.2) is 48.5 Å². The number of carbonyl (C=O) groups is 2. The van der Waals surface area contributed by atoms with Gasteiger partial charge in [-0.1, -0.05) is 18.2 Å². The van der Waals surface area contributed by atoms with Crippen molar-refractivity contribution in [1.82, 2.24) is 9.80 Å². The normalized spacial score (nSPS) is 15.2. The molecule has 0 aliphatic carbocycles. The van der Waals surface area contributed by atoms with Crippen molar-refractivity contribution in [3.05, 3.63) is 70.8 Å². The van der Waals surface area contributed by atoms with Gasteiger partial charge in [0.05, 0.1) is 18.2 Å². The van der Waals surface area contributed by atoms with Gasteiger partial charge in [-0.05, 0) is 35.9 Å². The lowest BCUT2D eigenvalue weighted by Crippen LogP contribution is -2.48. The Morgan fingerprint density at radius 1 is 0.966 bits per heavy atom. The Hall–Kier alpha value is -2.87. The molecule has 0 N–H and O–H groups in total. The Kier molecular flexibility index (Phi) is 6.22. The van der Waals surface area contributed by atoms with Crippen LogP contribution in [-0.2, 0) is 17.5 Å². The highest BCUT2D eigenvalue weighted by molar-refractivity contribution is 5.98. The summed E-state index contributed by atoms with van der Waals surface area (Å²) >= 11 is 0. The Bertz CT molecular complexity index is 873. The number of methoxy groups -OCH3 is 1. The molecule has 8 heteroatoms. The minimum atomic E-state index is -4.34. The summed E-state index contributed by atoms with van der Waals surface area (Å²) in [6.45, 7) is 2.76. The first-order valence-corrected chi connectivity index (χ1v) is 9.14. The number of rotatable bonds is 4. The van der Waals surface area contributed by atoms with E-state index in [1.54, 1.807) is 23.1 Å². The number of nitrogens with zero attached hydrogens (tertiary/aromatic N) is 2. The van der Waals surface area contributed by atoms with Crippen LogP contribution in [0.5, 0.6) is 0 Å². The number of esters is 1. The molecule has 3 rings (SSSR count). The molecular formula is C21H21F3N2O3. The topological polar surface area (TPSA) is 49.9 Å². The summed E-state index contributed by atoms with van der Waals surface area (Å²) in [5.41, 5.74) is 0.873. The molecule has 2 aromatic rings. The maximum absolute atomic E-state index is 12.7. The highest BCUT2D eigenvalue weighted by Crippen LogP contribution is 2.29. The number of carbonyl (C=O) groups excluding carboxylic acids is 2. The van der Waals surface area contributed by atoms with E-state index in [9.17, 15) is 22.8 Å². The molecule has 1 amide bonds. The molecule has 1 heterocycles. The molecular weight excluding hydrogens is 385 g/mol. The van der Waals surface area contributed by atoms with Gasteiger partial charge < -0.3 is 9.64 Å². The number of alkyl halides is 3. The molecule has 0 unspecified atom stereocenters. The third-order valence-electron chi connectivity index (χ3n) is 4.88. The van der Waals surface area contributed by atoms with Crippen molar-refractivity contribution in [3.8, 4) is 0 Å². The Morgan fingerprint density at radius 3 is 2.17 bits per heavy atom. The smallest absolute Gasteiger partial charge is 0.416 e. The lowest BCUT2D eigenvalue weighted by Gasteiger charge is -2.34. The zero-order valence-corrected chi connectivity index (χ0v) is 15.9. The van der Waals surface area contributed by atoms with Crippen molar-refractivity contribution in [2.24, 2.45) is 0 Å². The van der Waals surface area contributed by atoms with Gasteiger partial charge in [-0.25, -0.2) is 4.79 Å². The van der Waals surface area contributed by atoms with Crippen molar-refractivity contribution in [2.75, 3.05) is 33.3 Å².